The van der Waals surface area contributed by atoms with Gasteiger partial charge >= 0.3 is 23.8 Å². The SMILES string of the molecule is CC(C)=CC(=O)OCn1c(=O)ccn([C@@H]2O[C@](F)(COC(=O)[C@@H](N)C(C)C)[C@H]3OC(=O)O[C@@H]23)c1=O. The van der Waals surface area contributed by atoms with Gasteiger partial charge in [-0.2, -0.15) is 0 Å². The van der Waals surface area contributed by atoms with Crippen molar-refractivity contribution < 1.29 is 42.5 Å². The number of hydrogen-bond donors (Lipinski definition) is 1. The quantitative estimate of drug-likeness (QED) is 0.293. The number of fused-ring (bicyclic) bond motifs is 1. The fourth-order valence-corrected chi connectivity index (χ4v) is 3.37. The summed E-state index contributed by atoms with van der Waals surface area (Å²) in [5.74, 6) is -4.87. The first-order valence-corrected chi connectivity index (χ1v) is 10.6. The van der Waals surface area contributed by atoms with Crippen LogP contribution in [0.5, 0.6) is 0 Å². The molecule has 2 aliphatic heterocycles. The summed E-state index contributed by atoms with van der Waals surface area (Å²) >= 11 is 0. The highest BCUT2D eigenvalue weighted by molar-refractivity contribution is 5.82. The molecule has 0 amide bonds. The van der Waals surface area contributed by atoms with Crippen LogP contribution in [0.4, 0.5) is 9.18 Å². The van der Waals surface area contributed by atoms with E-state index in [1.54, 1.807) is 27.7 Å². The van der Waals surface area contributed by atoms with E-state index < -0.39 is 73.0 Å². The van der Waals surface area contributed by atoms with Gasteiger partial charge in [-0.3, -0.25) is 14.2 Å². The molecule has 1 aromatic heterocycles. The zero-order valence-corrected chi connectivity index (χ0v) is 19.5. The number of carbonyl (C=O) groups excluding carboxylic acids is 3. The van der Waals surface area contributed by atoms with Crippen molar-refractivity contribution in [2.75, 3.05) is 6.61 Å². The molecule has 192 valence electrons. The van der Waals surface area contributed by atoms with Gasteiger partial charge in [0.2, 0.25) is 6.10 Å². The second kappa shape index (κ2) is 10.00. The first-order valence-electron chi connectivity index (χ1n) is 10.6. The number of esters is 2. The smallest absolute Gasteiger partial charge is 0.458 e. The molecule has 35 heavy (non-hydrogen) atoms. The second-order valence-corrected chi connectivity index (χ2v) is 8.63. The molecular weight excluding hydrogens is 473 g/mol. The standard InChI is InChI=1S/C21H26FN3O10/c1-10(2)7-13(27)32-9-25-12(26)5-6-24(19(25)29)17-15-16(34-20(30)33-15)21(22,35-17)8-31-18(28)14(23)11(3)4/h5-7,11,14-17H,8-9,23H2,1-4H3/t14-,15+,16-,17+,21+/m0/s1. The van der Waals surface area contributed by atoms with E-state index in [0.29, 0.717) is 10.1 Å². The van der Waals surface area contributed by atoms with Crippen LogP contribution in [-0.4, -0.2) is 57.9 Å². The van der Waals surface area contributed by atoms with Crippen molar-refractivity contribution in [1.82, 2.24) is 9.13 Å². The van der Waals surface area contributed by atoms with Gasteiger partial charge in [-0.1, -0.05) is 19.4 Å². The lowest BCUT2D eigenvalue weighted by atomic mass is 10.1. The molecule has 0 bridgehead atoms. The average molecular weight is 499 g/mol. The topological polar surface area (TPSA) is 167 Å². The first-order chi connectivity index (χ1) is 16.3. The van der Waals surface area contributed by atoms with Crippen LogP contribution in [0.2, 0.25) is 0 Å². The summed E-state index contributed by atoms with van der Waals surface area (Å²) in [5.41, 5.74) is 4.48. The summed E-state index contributed by atoms with van der Waals surface area (Å²) in [6.07, 6.45) is -3.80. The van der Waals surface area contributed by atoms with E-state index in [1.165, 1.54) is 0 Å². The largest absolute Gasteiger partial charge is 0.509 e. The lowest BCUT2D eigenvalue weighted by molar-refractivity contribution is -0.220. The number of aromatic nitrogens is 2. The second-order valence-electron chi connectivity index (χ2n) is 8.63. The number of rotatable bonds is 8. The molecular formula is C21H26FN3O10. The zero-order chi connectivity index (χ0) is 26.1. The fourth-order valence-electron chi connectivity index (χ4n) is 3.37. The Morgan fingerprint density at radius 2 is 1.91 bits per heavy atom. The Kier molecular flexibility index (Phi) is 7.45. The lowest BCUT2D eigenvalue weighted by Crippen LogP contribution is -2.45. The number of nitrogens with zero attached hydrogens (tertiary/aromatic N) is 2. The molecule has 2 saturated heterocycles. The number of nitrogens with two attached hydrogens (primary N) is 1. The molecule has 0 aromatic carbocycles. The van der Waals surface area contributed by atoms with Crippen molar-refractivity contribution in [3.8, 4) is 0 Å². The third-order valence-corrected chi connectivity index (χ3v) is 5.29. The molecule has 0 aliphatic carbocycles. The van der Waals surface area contributed by atoms with Crippen molar-refractivity contribution in [2.45, 2.75) is 64.8 Å². The van der Waals surface area contributed by atoms with E-state index in [1.807, 2.05) is 0 Å². The van der Waals surface area contributed by atoms with E-state index in [4.69, 9.17) is 29.4 Å². The Labute approximate surface area is 198 Å². The summed E-state index contributed by atoms with van der Waals surface area (Å²) in [6.45, 7) is 4.90. The van der Waals surface area contributed by atoms with Gasteiger partial charge in [-0.05, 0) is 19.8 Å². The van der Waals surface area contributed by atoms with Crippen molar-refractivity contribution in [3.05, 3.63) is 44.8 Å². The van der Waals surface area contributed by atoms with E-state index in [0.717, 1.165) is 22.9 Å². The molecule has 2 fully saturated rings. The number of alkyl halides is 1. The Hall–Kier alpha value is -3.52. The summed E-state index contributed by atoms with van der Waals surface area (Å²) in [6, 6.07) is -0.0827. The monoisotopic (exact) mass is 499 g/mol. The Bertz CT molecular complexity index is 1150. The summed E-state index contributed by atoms with van der Waals surface area (Å²) < 4.78 is 42.1. The maximum absolute atomic E-state index is 15.7. The van der Waals surface area contributed by atoms with Crippen LogP contribution in [0.3, 0.4) is 0 Å². The zero-order valence-electron chi connectivity index (χ0n) is 19.5. The highest BCUT2D eigenvalue weighted by Gasteiger charge is 2.65. The van der Waals surface area contributed by atoms with Crippen LogP contribution in [0.25, 0.3) is 0 Å². The minimum absolute atomic E-state index is 0.291. The molecule has 1 aromatic rings. The van der Waals surface area contributed by atoms with E-state index in [2.05, 4.69) is 0 Å². The molecule has 2 aliphatic rings. The first kappa shape index (κ1) is 26.1. The van der Waals surface area contributed by atoms with Crippen LogP contribution in [0.1, 0.15) is 33.9 Å². The average Bonchev–Trinajstić information content (AvgIpc) is 3.28. The van der Waals surface area contributed by atoms with Crippen LogP contribution >= 0.6 is 0 Å². The van der Waals surface area contributed by atoms with E-state index in [9.17, 15) is 24.0 Å². The lowest BCUT2D eigenvalue weighted by Gasteiger charge is -2.24. The number of hydrogen-bond acceptors (Lipinski definition) is 11. The number of allylic oxidation sites excluding steroid dienone is 1. The van der Waals surface area contributed by atoms with Crippen molar-refractivity contribution in [3.63, 3.8) is 0 Å². The molecule has 0 radical (unpaired) electrons. The van der Waals surface area contributed by atoms with Gasteiger partial charge in [0, 0.05) is 18.3 Å². The fraction of sp³-hybridized carbons (Fsp3) is 0.571. The van der Waals surface area contributed by atoms with Gasteiger partial charge in [-0.25, -0.2) is 23.3 Å². The van der Waals surface area contributed by atoms with Gasteiger partial charge in [0.1, 0.15) is 6.04 Å². The summed E-state index contributed by atoms with van der Waals surface area (Å²) in [7, 11) is 0. The number of carbonyl (C=O) groups is 3. The molecule has 0 spiro atoms. The Morgan fingerprint density at radius 3 is 2.54 bits per heavy atom. The van der Waals surface area contributed by atoms with Gasteiger partial charge < -0.3 is 29.4 Å². The highest BCUT2D eigenvalue weighted by Crippen LogP contribution is 2.44. The maximum Gasteiger partial charge on any atom is 0.509 e. The Morgan fingerprint density at radius 1 is 1.23 bits per heavy atom. The summed E-state index contributed by atoms with van der Waals surface area (Å²) in [5, 5.41) is 0. The molecule has 2 N–H and O–H groups in total. The summed E-state index contributed by atoms with van der Waals surface area (Å²) in [4.78, 5) is 60.7. The van der Waals surface area contributed by atoms with Crippen LogP contribution < -0.4 is 17.0 Å². The molecule has 13 nitrogen and oxygen atoms in total. The van der Waals surface area contributed by atoms with Crippen molar-refractivity contribution >= 4 is 18.1 Å². The third kappa shape index (κ3) is 5.43. The highest BCUT2D eigenvalue weighted by atomic mass is 19.2. The number of halogens is 1. The maximum atomic E-state index is 15.7. The minimum Gasteiger partial charge on any atom is -0.458 e. The molecule has 0 unspecified atom stereocenters. The van der Waals surface area contributed by atoms with E-state index in [-0.39, 0.29) is 5.92 Å². The molecule has 14 heteroatoms. The minimum atomic E-state index is -2.88. The van der Waals surface area contributed by atoms with Crippen molar-refractivity contribution in [2.24, 2.45) is 11.7 Å². The Balaban J connectivity index is 1.86. The van der Waals surface area contributed by atoms with Gasteiger partial charge in [0.05, 0.1) is 0 Å². The van der Waals surface area contributed by atoms with Gasteiger partial charge in [0.25, 0.3) is 11.4 Å². The molecule has 3 heterocycles. The van der Waals surface area contributed by atoms with Crippen LogP contribution in [-0.2, 0) is 40.0 Å². The predicted octanol–water partition coefficient (Wildman–Crippen LogP) is 0.102. The third-order valence-electron chi connectivity index (χ3n) is 5.29. The van der Waals surface area contributed by atoms with E-state index >= 15 is 4.39 Å². The molecule has 0 saturated carbocycles. The predicted molar refractivity (Wildman–Crippen MR) is 113 cm³/mol. The molecule has 5 atom stereocenters. The molecule has 3 rings (SSSR count). The van der Waals surface area contributed by atoms with Crippen molar-refractivity contribution in [1.29, 1.82) is 0 Å². The van der Waals surface area contributed by atoms with Gasteiger partial charge in [0.15, 0.2) is 25.7 Å². The van der Waals surface area contributed by atoms with Crippen LogP contribution in [0.15, 0.2) is 33.5 Å². The van der Waals surface area contributed by atoms with Gasteiger partial charge in [-0.15, -0.1) is 0 Å². The number of ether oxygens (including phenoxy) is 5. The van der Waals surface area contributed by atoms with Crippen LogP contribution in [0, 0.1) is 5.92 Å². The normalized spacial score (nSPS) is 25.9.